The molecule has 0 bridgehead atoms. The largest absolute Gasteiger partial charge is 0.463 e. The number of carbonyl (C=O) groups excluding carboxylic acids is 4. The fourth-order valence-corrected chi connectivity index (χ4v) is 3.33. The molecule has 0 radical (unpaired) electrons. The van der Waals surface area contributed by atoms with Crippen LogP contribution in [0.2, 0.25) is 0 Å². The number of rotatable bonds is 6. The maximum Gasteiger partial charge on any atom is 0.409 e. The molecule has 0 spiro atoms. The van der Waals surface area contributed by atoms with Crippen molar-refractivity contribution >= 4 is 29.3 Å². The predicted molar refractivity (Wildman–Crippen MR) is 122 cm³/mol. The van der Waals surface area contributed by atoms with Gasteiger partial charge in [0.1, 0.15) is 5.60 Å². The highest BCUT2D eigenvalue weighted by atomic mass is 16.6. The lowest BCUT2D eigenvalue weighted by Crippen LogP contribution is -2.49. The van der Waals surface area contributed by atoms with E-state index in [0.29, 0.717) is 5.56 Å². The molecule has 8 heteroatoms. The van der Waals surface area contributed by atoms with Gasteiger partial charge < -0.3 is 14.8 Å². The highest BCUT2D eigenvalue weighted by Crippen LogP contribution is 2.32. The Kier molecular flexibility index (Phi) is 6.86. The van der Waals surface area contributed by atoms with E-state index in [2.05, 4.69) is 10.6 Å². The summed E-state index contributed by atoms with van der Waals surface area (Å²) in [5.41, 5.74) is 0.399. The summed E-state index contributed by atoms with van der Waals surface area (Å²) >= 11 is 0. The second-order valence-corrected chi connectivity index (χ2v) is 9.18. The molecule has 8 nitrogen and oxygen atoms in total. The van der Waals surface area contributed by atoms with E-state index in [0.717, 1.165) is 0 Å². The predicted octanol–water partition coefficient (Wildman–Crippen LogP) is 3.92. The van der Waals surface area contributed by atoms with Crippen LogP contribution >= 0.6 is 0 Å². The Balaban J connectivity index is 1.94. The van der Waals surface area contributed by atoms with Crippen molar-refractivity contribution in [3.05, 3.63) is 64.7 Å². The van der Waals surface area contributed by atoms with Crippen molar-refractivity contribution in [2.45, 2.75) is 46.4 Å². The van der Waals surface area contributed by atoms with Crippen molar-refractivity contribution in [2.75, 3.05) is 11.9 Å². The van der Waals surface area contributed by atoms with Gasteiger partial charge in [0.05, 0.1) is 12.2 Å². The van der Waals surface area contributed by atoms with E-state index in [1.165, 1.54) is 0 Å². The number of amides is 1. The number of benzene rings is 2. The monoisotopic (exact) mass is 452 g/mol. The number of esters is 1. The van der Waals surface area contributed by atoms with Crippen LogP contribution in [0.4, 0.5) is 10.5 Å². The molecular weight excluding hydrogens is 424 g/mol. The minimum atomic E-state index is -1.34. The Morgan fingerprint density at radius 2 is 1.52 bits per heavy atom. The van der Waals surface area contributed by atoms with Gasteiger partial charge in [0.25, 0.3) is 0 Å². The van der Waals surface area contributed by atoms with Gasteiger partial charge in [0.15, 0.2) is 11.6 Å². The van der Waals surface area contributed by atoms with Crippen LogP contribution in [0.25, 0.3) is 0 Å². The van der Waals surface area contributed by atoms with Gasteiger partial charge in [0.2, 0.25) is 6.17 Å². The fourth-order valence-electron chi connectivity index (χ4n) is 3.33. The standard InChI is InChI=1S/C25H28N2O6/c1-14(2)13-32-23(30)22(27-24(31)33-25(3,4)5)26-18-12-8-11-17-19(18)21(29)16-10-7-6-9-15(16)20(17)28/h6-12,14,22,26H,13H2,1-5H3,(H,27,31). The Labute approximate surface area is 192 Å². The van der Waals surface area contributed by atoms with Crippen LogP contribution in [0, 0.1) is 5.92 Å². The Bertz CT molecular complexity index is 1100. The molecule has 33 heavy (non-hydrogen) atoms. The molecule has 0 aromatic heterocycles. The molecule has 1 amide bonds. The van der Waals surface area contributed by atoms with Crippen LogP contribution < -0.4 is 10.6 Å². The van der Waals surface area contributed by atoms with Gasteiger partial charge in [-0.2, -0.15) is 0 Å². The molecule has 1 unspecified atom stereocenters. The number of hydrogen-bond acceptors (Lipinski definition) is 7. The van der Waals surface area contributed by atoms with Crippen molar-refractivity contribution in [1.29, 1.82) is 0 Å². The van der Waals surface area contributed by atoms with E-state index in [1.807, 2.05) is 13.8 Å². The number of ether oxygens (including phenoxy) is 2. The molecule has 1 aliphatic rings. The van der Waals surface area contributed by atoms with E-state index in [1.54, 1.807) is 63.2 Å². The van der Waals surface area contributed by atoms with Crippen LogP contribution in [-0.4, -0.2) is 42.0 Å². The molecule has 1 atom stereocenters. The van der Waals surface area contributed by atoms with E-state index in [4.69, 9.17) is 9.47 Å². The summed E-state index contributed by atoms with van der Waals surface area (Å²) in [6.45, 7) is 8.99. The number of alkyl carbamates (subject to hydrolysis) is 1. The summed E-state index contributed by atoms with van der Waals surface area (Å²) in [6, 6.07) is 11.3. The smallest absolute Gasteiger partial charge is 0.409 e. The summed E-state index contributed by atoms with van der Waals surface area (Å²) < 4.78 is 10.6. The maximum absolute atomic E-state index is 13.2. The number of anilines is 1. The summed E-state index contributed by atoms with van der Waals surface area (Å²) in [6.07, 6.45) is -2.18. The maximum atomic E-state index is 13.2. The number of carbonyl (C=O) groups is 4. The van der Waals surface area contributed by atoms with E-state index < -0.39 is 23.8 Å². The van der Waals surface area contributed by atoms with Crippen LogP contribution in [-0.2, 0) is 14.3 Å². The first-order valence-electron chi connectivity index (χ1n) is 10.7. The summed E-state index contributed by atoms with van der Waals surface area (Å²) in [7, 11) is 0. The van der Waals surface area contributed by atoms with Crippen LogP contribution in [0.3, 0.4) is 0 Å². The number of ketones is 2. The second kappa shape index (κ2) is 9.44. The lowest BCUT2D eigenvalue weighted by atomic mass is 9.83. The van der Waals surface area contributed by atoms with Gasteiger partial charge in [-0.3, -0.25) is 14.9 Å². The first-order valence-corrected chi connectivity index (χ1v) is 10.7. The Hall–Kier alpha value is -3.68. The molecule has 3 rings (SSSR count). The Morgan fingerprint density at radius 3 is 2.12 bits per heavy atom. The molecule has 1 aliphatic carbocycles. The summed E-state index contributed by atoms with van der Waals surface area (Å²) in [4.78, 5) is 51.3. The molecule has 174 valence electrons. The van der Waals surface area contributed by atoms with E-state index in [-0.39, 0.29) is 46.5 Å². The molecule has 2 aromatic carbocycles. The molecular formula is C25H28N2O6. The summed E-state index contributed by atoms with van der Waals surface area (Å²) in [5.74, 6) is -1.31. The topological polar surface area (TPSA) is 111 Å². The first-order chi connectivity index (χ1) is 15.5. The highest BCUT2D eigenvalue weighted by Gasteiger charge is 2.33. The molecule has 2 aromatic rings. The van der Waals surface area contributed by atoms with Crippen LogP contribution in [0.15, 0.2) is 42.5 Å². The van der Waals surface area contributed by atoms with Crippen molar-refractivity contribution in [3.63, 3.8) is 0 Å². The Morgan fingerprint density at radius 1 is 0.909 bits per heavy atom. The molecule has 2 N–H and O–H groups in total. The minimum absolute atomic E-state index is 0.0799. The van der Waals surface area contributed by atoms with Crippen molar-refractivity contribution in [1.82, 2.24) is 5.32 Å². The third-order valence-corrected chi connectivity index (χ3v) is 4.71. The van der Waals surface area contributed by atoms with Gasteiger partial charge in [-0.05, 0) is 32.8 Å². The average Bonchev–Trinajstić information content (AvgIpc) is 2.74. The molecule has 0 saturated heterocycles. The quantitative estimate of drug-likeness (QED) is 0.431. The summed E-state index contributed by atoms with van der Waals surface area (Å²) in [5, 5.41) is 5.32. The zero-order valence-electron chi connectivity index (χ0n) is 19.4. The van der Waals surface area contributed by atoms with Gasteiger partial charge in [-0.15, -0.1) is 0 Å². The molecule has 0 saturated carbocycles. The first kappa shape index (κ1) is 24.0. The number of nitrogens with one attached hydrogen (secondary N) is 2. The third kappa shape index (κ3) is 5.58. The number of hydrogen-bond donors (Lipinski definition) is 2. The lowest BCUT2D eigenvalue weighted by molar-refractivity contribution is -0.146. The van der Waals surface area contributed by atoms with Gasteiger partial charge >= 0.3 is 12.1 Å². The van der Waals surface area contributed by atoms with Gasteiger partial charge in [-0.25, -0.2) is 9.59 Å². The van der Waals surface area contributed by atoms with Crippen molar-refractivity contribution in [3.8, 4) is 0 Å². The van der Waals surface area contributed by atoms with Crippen molar-refractivity contribution < 1.29 is 28.7 Å². The van der Waals surface area contributed by atoms with Crippen LogP contribution in [0.1, 0.15) is 66.5 Å². The van der Waals surface area contributed by atoms with Crippen LogP contribution in [0.5, 0.6) is 0 Å². The fraction of sp³-hybridized carbons (Fsp3) is 0.360. The molecule has 0 aliphatic heterocycles. The minimum Gasteiger partial charge on any atom is -0.463 e. The third-order valence-electron chi connectivity index (χ3n) is 4.71. The van der Waals surface area contributed by atoms with Crippen molar-refractivity contribution in [2.24, 2.45) is 5.92 Å². The highest BCUT2D eigenvalue weighted by molar-refractivity contribution is 6.30. The SMILES string of the molecule is CC(C)COC(=O)C(NC(=O)OC(C)(C)C)Nc1cccc2c1C(=O)c1ccccc1C2=O. The average molecular weight is 453 g/mol. The van der Waals surface area contributed by atoms with E-state index >= 15 is 0 Å². The molecule has 0 fully saturated rings. The number of fused-ring (bicyclic) bond motifs is 2. The zero-order chi connectivity index (χ0) is 24.3. The normalized spacial score (nSPS) is 13.6. The van der Waals surface area contributed by atoms with E-state index in [9.17, 15) is 19.2 Å². The molecule has 0 heterocycles. The van der Waals surface area contributed by atoms with Gasteiger partial charge in [0, 0.05) is 22.4 Å². The lowest BCUT2D eigenvalue weighted by Gasteiger charge is -2.26. The zero-order valence-corrected chi connectivity index (χ0v) is 19.4. The van der Waals surface area contributed by atoms with Gasteiger partial charge in [-0.1, -0.05) is 50.2 Å². The second-order valence-electron chi connectivity index (χ2n) is 9.18.